The van der Waals surface area contributed by atoms with Gasteiger partial charge in [0.05, 0.1) is 37.7 Å². The number of benzene rings is 2. The number of likely N-dealkylation sites (tertiary alicyclic amines) is 1. The number of carbonyl (C=O) groups is 1. The van der Waals surface area contributed by atoms with Crippen molar-refractivity contribution in [2.24, 2.45) is 0 Å². The molecule has 0 aliphatic carbocycles. The molecule has 36 heavy (non-hydrogen) atoms. The van der Waals surface area contributed by atoms with Crippen molar-refractivity contribution in [3.05, 3.63) is 54.7 Å². The number of ether oxygens (including phenoxy) is 2. The molecule has 2 aliphatic heterocycles. The van der Waals surface area contributed by atoms with E-state index in [-0.39, 0.29) is 11.9 Å². The summed E-state index contributed by atoms with van der Waals surface area (Å²) in [6, 6.07) is 15.6. The average molecular weight is 489 g/mol. The van der Waals surface area contributed by atoms with E-state index in [0.717, 1.165) is 79.8 Å². The topological polar surface area (TPSA) is 91.8 Å². The summed E-state index contributed by atoms with van der Waals surface area (Å²) < 4.78 is 11.1. The fraction of sp³-hybridized carbons (Fsp3) is 0.370. The average Bonchev–Trinajstić information content (AvgIpc) is 3.35. The van der Waals surface area contributed by atoms with Gasteiger partial charge >= 0.3 is 0 Å². The minimum absolute atomic E-state index is 0.0475. The lowest BCUT2D eigenvalue weighted by molar-refractivity contribution is -0.119. The van der Waals surface area contributed by atoms with Gasteiger partial charge in [-0.15, -0.1) is 0 Å². The number of rotatable bonds is 7. The minimum atomic E-state index is -0.0540. The molecule has 2 aromatic carbocycles. The summed E-state index contributed by atoms with van der Waals surface area (Å²) in [4.78, 5) is 26.0. The molecule has 9 nitrogen and oxygen atoms in total. The number of hydrogen-bond donors (Lipinski definition) is 2. The predicted octanol–water partition coefficient (Wildman–Crippen LogP) is 3.77. The van der Waals surface area contributed by atoms with E-state index in [1.165, 1.54) is 0 Å². The lowest BCUT2D eigenvalue weighted by Crippen LogP contribution is -2.37. The van der Waals surface area contributed by atoms with Gasteiger partial charge in [-0.2, -0.15) is 0 Å². The van der Waals surface area contributed by atoms with Crippen LogP contribution in [0, 0.1) is 0 Å². The second kappa shape index (κ2) is 10.9. The van der Waals surface area contributed by atoms with Crippen molar-refractivity contribution < 1.29 is 14.3 Å². The summed E-state index contributed by atoms with van der Waals surface area (Å²) in [7, 11) is 3.67. The molecule has 0 radical (unpaired) electrons. The highest BCUT2D eigenvalue weighted by Crippen LogP contribution is 2.32. The highest BCUT2D eigenvalue weighted by Gasteiger charge is 2.27. The number of methoxy groups -OCH3 is 1. The maximum atomic E-state index is 12.6. The smallest absolute Gasteiger partial charge is 0.241 e. The monoisotopic (exact) mass is 488 g/mol. The van der Waals surface area contributed by atoms with E-state index in [4.69, 9.17) is 9.47 Å². The standard InChI is InChI=1S/C27H32N6O3/c1-32-13-3-4-24(32)26(34)29-20-7-5-19(6-8-20)22-11-12-28-27(31-22)30-21-9-10-23(25(18-21)35-2)33-14-16-36-17-15-33/h5-12,18,24H,3-4,13-17H2,1-2H3,(H,29,34)(H,28,30,31)/t24-/m0/s1. The number of nitrogens with zero attached hydrogens (tertiary/aromatic N) is 4. The minimum Gasteiger partial charge on any atom is -0.495 e. The Morgan fingerprint density at radius 1 is 1.06 bits per heavy atom. The quantitative estimate of drug-likeness (QED) is 0.519. The van der Waals surface area contributed by atoms with Gasteiger partial charge in [0, 0.05) is 42.3 Å². The van der Waals surface area contributed by atoms with Gasteiger partial charge in [0.1, 0.15) is 5.75 Å². The number of hydrogen-bond acceptors (Lipinski definition) is 8. The molecule has 1 atom stereocenters. The number of likely N-dealkylation sites (N-methyl/N-ethyl adjacent to an activating group) is 1. The molecule has 0 spiro atoms. The van der Waals surface area contributed by atoms with Gasteiger partial charge in [0.15, 0.2) is 0 Å². The van der Waals surface area contributed by atoms with Crippen molar-refractivity contribution in [3.8, 4) is 17.0 Å². The number of carbonyl (C=O) groups excluding carboxylic acids is 1. The zero-order chi connectivity index (χ0) is 24.9. The first-order valence-corrected chi connectivity index (χ1v) is 12.3. The molecule has 2 N–H and O–H groups in total. The van der Waals surface area contributed by atoms with Gasteiger partial charge in [-0.1, -0.05) is 12.1 Å². The normalized spacial score (nSPS) is 18.2. The van der Waals surface area contributed by atoms with E-state index in [0.29, 0.717) is 5.95 Å². The van der Waals surface area contributed by atoms with Crippen molar-refractivity contribution in [2.75, 3.05) is 62.5 Å². The third-order valence-corrected chi connectivity index (χ3v) is 6.71. The van der Waals surface area contributed by atoms with Crippen LogP contribution in [-0.2, 0) is 9.53 Å². The zero-order valence-electron chi connectivity index (χ0n) is 20.7. The Bertz CT molecular complexity index is 1200. The zero-order valence-corrected chi connectivity index (χ0v) is 20.7. The third kappa shape index (κ3) is 5.42. The Morgan fingerprint density at radius 2 is 1.83 bits per heavy atom. The van der Waals surface area contributed by atoms with Gasteiger partial charge < -0.3 is 25.0 Å². The molecular formula is C27H32N6O3. The van der Waals surface area contributed by atoms with Crippen molar-refractivity contribution >= 4 is 28.9 Å². The van der Waals surface area contributed by atoms with Gasteiger partial charge in [-0.25, -0.2) is 9.97 Å². The van der Waals surface area contributed by atoms with E-state index in [1.807, 2.05) is 55.6 Å². The summed E-state index contributed by atoms with van der Waals surface area (Å²) in [5.41, 5.74) is 4.40. The molecule has 3 heterocycles. The molecule has 0 bridgehead atoms. The molecule has 5 rings (SSSR count). The molecule has 1 amide bonds. The SMILES string of the molecule is COc1cc(Nc2nccc(-c3ccc(NC(=O)[C@@H]4CCCN4C)cc3)n2)ccc1N1CCOCC1. The van der Waals surface area contributed by atoms with Gasteiger partial charge in [0.25, 0.3) is 0 Å². The van der Waals surface area contributed by atoms with Gasteiger partial charge in [-0.3, -0.25) is 9.69 Å². The van der Waals surface area contributed by atoms with Crippen molar-refractivity contribution in [1.29, 1.82) is 0 Å². The Balaban J connectivity index is 1.26. The molecule has 2 fully saturated rings. The van der Waals surface area contributed by atoms with Gasteiger partial charge in [-0.05, 0) is 56.8 Å². The van der Waals surface area contributed by atoms with Gasteiger partial charge in [0.2, 0.25) is 11.9 Å². The lowest BCUT2D eigenvalue weighted by Gasteiger charge is -2.30. The first-order valence-electron chi connectivity index (χ1n) is 12.3. The Morgan fingerprint density at radius 3 is 2.56 bits per heavy atom. The first kappa shape index (κ1) is 24.0. The summed E-state index contributed by atoms with van der Waals surface area (Å²) >= 11 is 0. The van der Waals surface area contributed by atoms with E-state index >= 15 is 0 Å². The predicted molar refractivity (Wildman–Crippen MR) is 141 cm³/mol. The summed E-state index contributed by atoms with van der Waals surface area (Å²) in [5.74, 6) is 1.33. The summed E-state index contributed by atoms with van der Waals surface area (Å²) in [6.45, 7) is 4.08. The Labute approximate surface area is 211 Å². The van der Waals surface area contributed by atoms with Crippen LogP contribution in [0.3, 0.4) is 0 Å². The summed E-state index contributed by atoms with van der Waals surface area (Å²) in [6.07, 6.45) is 3.69. The van der Waals surface area contributed by atoms with Crippen LogP contribution < -0.4 is 20.3 Å². The Hall–Kier alpha value is -3.69. The van der Waals surface area contributed by atoms with Crippen LogP contribution >= 0.6 is 0 Å². The molecular weight excluding hydrogens is 456 g/mol. The second-order valence-electron chi connectivity index (χ2n) is 9.08. The molecule has 0 saturated carbocycles. The Kier molecular flexibility index (Phi) is 7.29. The van der Waals surface area contributed by atoms with E-state index in [1.54, 1.807) is 13.3 Å². The fourth-order valence-electron chi connectivity index (χ4n) is 4.72. The first-order chi connectivity index (χ1) is 17.6. The van der Waals surface area contributed by atoms with Crippen molar-refractivity contribution in [1.82, 2.24) is 14.9 Å². The molecule has 2 aliphatic rings. The highest BCUT2D eigenvalue weighted by atomic mass is 16.5. The largest absolute Gasteiger partial charge is 0.495 e. The van der Waals surface area contributed by atoms with Crippen LogP contribution in [-0.4, -0.2) is 73.8 Å². The molecule has 2 saturated heterocycles. The van der Waals surface area contributed by atoms with Crippen LogP contribution in [0.1, 0.15) is 12.8 Å². The maximum Gasteiger partial charge on any atom is 0.241 e. The van der Waals surface area contributed by atoms with E-state index < -0.39 is 0 Å². The van der Waals surface area contributed by atoms with Crippen LogP contribution in [0.15, 0.2) is 54.7 Å². The lowest BCUT2D eigenvalue weighted by atomic mass is 10.1. The van der Waals surface area contributed by atoms with Crippen LogP contribution in [0.4, 0.5) is 23.0 Å². The number of anilines is 4. The summed E-state index contributed by atoms with van der Waals surface area (Å²) in [5, 5.41) is 6.31. The fourth-order valence-corrected chi connectivity index (χ4v) is 4.72. The molecule has 1 aromatic heterocycles. The van der Waals surface area contributed by atoms with Crippen LogP contribution in [0.5, 0.6) is 5.75 Å². The molecule has 0 unspecified atom stereocenters. The maximum absolute atomic E-state index is 12.6. The van der Waals surface area contributed by atoms with E-state index in [2.05, 4.69) is 30.4 Å². The molecule has 9 heteroatoms. The number of amides is 1. The second-order valence-corrected chi connectivity index (χ2v) is 9.08. The molecule has 188 valence electrons. The number of aromatic nitrogens is 2. The van der Waals surface area contributed by atoms with Crippen molar-refractivity contribution in [3.63, 3.8) is 0 Å². The molecule has 3 aromatic rings. The van der Waals surface area contributed by atoms with Crippen molar-refractivity contribution in [2.45, 2.75) is 18.9 Å². The van der Waals surface area contributed by atoms with Crippen LogP contribution in [0.25, 0.3) is 11.3 Å². The number of nitrogens with one attached hydrogen (secondary N) is 2. The van der Waals surface area contributed by atoms with E-state index in [9.17, 15) is 4.79 Å². The highest BCUT2D eigenvalue weighted by molar-refractivity contribution is 5.95. The number of morpholine rings is 1. The third-order valence-electron chi connectivity index (χ3n) is 6.71. The van der Waals surface area contributed by atoms with Crippen LogP contribution in [0.2, 0.25) is 0 Å².